The number of hydrogen-bond acceptors (Lipinski definition) is 9. The number of carbonyl (C=O) groups is 1. The lowest BCUT2D eigenvalue weighted by Crippen LogP contribution is -2.41. The van der Waals surface area contributed by atoms with Gasteiger partial charge in [0.2, 0.25) is 10.0 Å². The fourth-order valence-corrected chi connectivity index (χ4v) is 6.48. The van der Waals surface area contributed by atoms with Gasteiger partial charge in [-0.05, 0) is 37.1 Å². The molecule has 1 aliphatic rings. The molecule has 1 saturated carbocycles. The van der Waals surface area contributed by atoms with Gasteiger partial charge in [0.25, 0.3) is 0 Å². The third-order valence-electron chi connectivity index (χ3n) is 6.75. The van der Waals surface area contributed by atoms with Gasteiger partial charge in [-0.1, -0.05) is 49.4 Å². The highest BCUT2D eigenvalue weighted by molar-refractivity contribution is 7.88. The Hall–Kier alpha value is -4.01. The zero-order valence-corrected chi connectivity index (χ0v) is 24.6. The largest absolute Gasteiger partial charge is 0.368 e. The molecule has 4 heterocycles. The average Bonchev–Trinajstić information content (AvgIpc) is 3.20. The molecule has 6 rings (SSSR count). The number of amides is 2. The van der Waals surface area contributed by atoms with Gasteiger partial charge >= 0.3 is 6.03 Å². The van der Waals surface area contributed by atoms with Crippen LogP contribution in [0, 0.1) is 0 Å². The first kappa shape index (κ1) is 27.2. The lowest BCUT2D eigenvalue weighted by molar-refractivity contribution is 0.262. The van der Waals surface area contributed by atoms with Crippen molar-refractivity contribution < 1.29 is 17.7 Å². The van der Waals surface area contributed by atoms with E-state index in [-0.39, 0.29) is 5.41 Å². The van der Waals surface area contributed by atoms with Crippen molar-refractivity contribution in [1.82, 2.24) is 24.2 Å². The second-order valence-electron chi connectivity index (χ2n) is 11.4. The number of pyridine rings is 1. The van der Waals surface area contributed by atoms with E-state index in [0.29, 0.717) is 29.6 Å². The van der Waals surface area contributed by atoms with Gasteiger partial charge in [-0.3, -0.25) is 9.72 Å². The number of hydrogen-bond donors (Lipinski definition) is 4. The molecule has 2 amide bonds. The molecule has 0 aliphatic heterocycles. The molecule has 12 nitrogen and oxygen atoms in total. The molecule has 0 unspecified atom stereocenters. The first-order valence-electron chi connectivity index (χ1n) is 13.0. The average molecular weight is 595 g/mol. The fourth-order valence-electron chi connectivity index (χ4n) is 4.43. The van der Waals surface area contributed by atoms with Crippen LogP contribution in [0.5, 0.6) is 0 Å². The molecule has 5 aromatic rings. The van der Waals surface area contributed by atoms with Crippen LogP contribution in [0.25, 0.3) is 26.6 Å². The Bertz CT molecular complexity index is 1860. The summed E-state index contributed by atoms with van der Waals surface area (Å²) >= 11 is 1.48. The third kappa shape index (κ3) is 6.04. The van der Waals surface area contributed by atoms with Gasteiger partial charge in [0.05, 0.1) is 23.0 Å². The summed E-state index contributed by atoms with van der Waals surface area (Å²) in [6.45, 7) is 6.50. The van der Waals surface area contributed by atoms with E-state index in [1.165, 1.54) is 17.6 Å². The molecular weight excluding hydrogens is 564 g/mol. The molecule has 4 aromatic heterocycles. The maximum absolute atomic E-state index is 12.4. The minimum Gasteiger partial charge on any atom is -0.368 e. The van der Waals surface area contributed by atoms with Crippen molar-refractivity contribution in [3.8, 4) is 11.3 Å². The normalized spacial score (nSPS) is 14.8. The van der Waals surface area contributed by atoms with Gasteiger partial charge in [-0.15, -0.1) is 0 Å². The predicted molar refractivity (Wildman–Crippen MR) is 160 cm³/mol. The molecule has 14 heteroatoms. The maximum Gasteiger partial charge on any atom is 0.324 e. The van der Waals surface area contributed by atoms with E-state index in [9.17, 15) is 13.2 Å². The minimum absolute atomic E-state index is 0.204. The summed E-state index contributed by atoms with van der Waals surface area (Å²) in [6, 6.07) is 12.6. The predicted octanol–water partition coefficient (Wildman–Crippen LogP) is 5.03. The van der Waals surface area contributed by atoms with E-state index < -0.39 is 21.6 Å². The molecule has 0 radical (unpaired) electrons. The smallest absolute Gasteiger partial charge is 0.324 e. The van der Waals surface area contributed by atoms with E-state index in [1.54, 1.807) is 6.07 Å². The summed E-state index contributed by atoms with van der Waals surface area (Å²) in [7, 11) is -3.27. The summed E-state index contributed by atoms with van der Waals surface area (Å²) in [5.41, 5.74) is 2.64. The molecule has 1 fully saturated rings. The Balaban J connectivity index is 1.11. The van der Waals surface area contributed by atoms with Gasteiger partial charge in [-0.25, -0.2) is 27.9 Å². The highest BCUT2D eigenvalue weighted by Gasteiger charge is 2.44. The molecule has 0 spiro atoms. The molecule has 214 valence electrons. The van der Waals surface area contributed by atoms with Crippen molar-refractivity contribution in [1.29, 1.82) is 0 Å². The van der Waals surface area contributed by atoms with Crippen LogP contribution >= 0.6 is 11.3 Å². The Morgan fingerprint density at radius 2 is 1.83 bits per heavy atom. The van der Waals surface area contributed by atoms with Crippen LogP contribution in [0.3, 0.4) is 0 Å². The maximum atomic E-state index is 12.4. The number of rotatable bonds is 8. The molecule has 0 saturated heterocycles. The zero-order chi connectivity index (χ0) is 29.0. The molecule has 1 aromatic carbocycles. The monoisotopic (exact) mass is 594 g/mol. The summed E-state index contributed by atoms with van der Waals surface area (Å²) in [5.74, 6) is 1.72. The van der Waals surface area contributed by atoms with Crippen LogP contribution in [-0.2, 0) is 15.4 Å². The second kappa shape index (κ2) is 9.82. The number of thiazole rings is 1. The Labute approximate surface area is 240 Å². The van der Waals surface area contributed by atoms with E-state index in [0.717, 1.165) is 39.4 Å². The first-order valence-corrected chi connectivity index (χ1v) is 15.7. The van der Waals surface area contributed by atoms with Crippen LogP contribution in [0.15, 0.2) is 53.2 Å². The van der Waals surface area contributed by atoms with Crippen LogP contribution in [0.4, 0.5) is 22.1 Å². The number of aromatic nitrogens is 4. The Morgan fingerprint density at radius 3 is 2.49 bits per heavy atom. The highest BCUT2D eigenvalue weighted by atomic mass is 32.2. The van der Waals surface area contributed by atoms with Gasteiger partial charge in [0.1, 0.15) is 16.4 Å². The number of urea groups is 1. The lowest BCUT2D eigenvalue weighted by Gasteiger charge is -2.16. The van der Waals surface area contributed by atoms with Crippen LogP contribution in [0.2, 0.25) is 0 Å². The number of fused-ring (bicyclic) bond motifs is 3. The van der Waals surface area contributed by atoms with Crippen LogP contribution in [-0.4, -0.2) is 52.3 Å². The Morgan fingerprint density at radius 1 is 1.07 bits per heavy atom. The number of benzene rings is 1. The molecular formula is C27H30N8O4S2. The summed E-state index contributed by atoms with van der Waals surface area (Å²) in [6.07, 6.45) is 4.75. The summed E-state index contributed by atoms with van der Waals surface area (Å²) < 4.78 is 33.3. The number of nitrogens with zero attached hydrogens (tertiary/aromatic N) is 4. The lowest BCUT2D eigenvalue weighted by atomic mass is 9.93. The van der Waals surface area contributed by atoms with Crippen molar-refractivity contribution >= 4 is 60.0 Å². The van der Waals surface area contributed by atoms with E-state index in [1.807, 2.05) is 67.8 Å². The number of sulfonamides is 1. The van der Waals surface area contributed by atoms with Crippen molar-refractivity contribution in [2.45, 2.75) is 44.6 Å². The zero-order valence-electron chi connectivity index (χ0n) is 23.0. The van der Waals surface area contributed by atoms with Crippen LogP contribution in [0.1, 0.15) is 39.4 Å². The standard InChI is InChI=1S/C27H30N8O4S2/c1-26(2,3)20-13-22(33-39-20)32-24(36)29-17-7-5-16(6-8-17)18-14-35-19-9-10-21(31-23(19)40-25(35)30-18)28-15-27(11-12-27)34-41(4,37)38/h5-10,13-14,34H,11-12,15H2,1-4H3,(H,28,31)(H2,29,32,33,36). The van der Waals surface area contributed by atoms with Gasteiger partial charge in [0.15, 0.2) is 10.8 Å². The molecule has 0 atom stereocenters. The van der Waals surface area contributed by atoms with Crippen molar-refractivity contribution in [3.05, 3.63) is 54.4 Å². The molecule has 1 aliphatic carbocycles. The minimum atomic E-state index is -3.27. The van der Waals surface area contributed by atoms with E-state index in [4.69, 9.17) is 14.5 Å². The first-order chi connectivity index (χ1) is 19.4. The molecule has 41 heavy (non-hydrogen) atoms. The topological polar surface area (TPSA) is 156 Å². The SMILES string of the molecule is CC(C)(C)c1cc(NC(=O)Nc2ccc(-c3cn4c(n3)sc3nc(NCC5(NS(C)(=O)=O)CC5)ccc34)cc2)no1. The highest BCUT2D eigenvalue weighted by Crippen LogP contribution is 2.36. The van der Waals surface area contributed by atoms with Crippen molar-refractivity contribution in [2.75, 3.05) is 28.8 Å². The number of carbonyl (C=O) groups excluding carboxylic acids is 1. The quantitative estimate of drug-likeness (QED) is 0.195. The van der Waals surface area contributed by atoms with Gasteiger partial charge in [0, 0.05) is 35.5 Å². The number of anilines is 3. The summed E-state index contributed by atoms with van der Waals surface area (Å²) in [5, 5.41) is 12.7. The van der Waals surface area contributed by atoms with Gasteiger partial charge in [-0.2, -0.15) is 0 Å². The van der Waals surface area contributed by atoms with Gasteiger partial charge < -0.3 is 15.2 Å². The Kier molecular flexibility index (Phi) is 6.51. The van der Waals surface area contributed by atoms with Crippen molar-refractivity contribution in [3.63, 3.8) is 0 Å². The van der Waals surface area contributed by atoms with Crippen molar-refractivity contribution in [2.24, 2.45) is 0 Å². The number of nitrogens with one attached hydrogen (secondary N) is 4. The van der Waals surface area contributed by atoms with Crippen LogP contribution < -0.4 is 20.7 Å². The molecule has 0 bridgehead atoms. The third-order valence-corrected chi connectivity index (χ3v) is 8.52. The molecule has 4 N–H and O–H groups in total. The number of imidazole rings is 1. The fraction of sp³-hybridized carbons (Fsp3) is 0.333. The van der Waals surface area contributed by atoms with E-state index >= 15 is 0 Å². The second-order valence-corrected chi connectivity index (χ2v) is 14.1. The summed E-state index contributed by atoms with van der Waals surface area (Å²) in [4.78, 5) is 23.5. The van der Waals surface area contributed by atoms with E-state index in [2.05, 4.69) is 25.8 Å².